The second kappa shape index (κ2) is 13.3. The highest BCUT2D eigenvalue weighted by Gasteiger charge is 2.50. The Morgan fingerprint density at radius 3 is 2.19 bits per heavy atom. The molecule has 2 saturated heterocycles. The molecule has 12 heteroatoms. The van der Waals surface area contributed by atoms with Crippen molar-refractivity contribution in [3.8, 4) is 17.2 Å². The number of aliphatic imine (C=N–C) groups is 1. The summed E-state index contributed by atoms with van der Waals surface area (Å²) < 4.78 is 30.0. The van der Waals surface area contributed by atoms with Crippen LogP contribution in [0.4, 0.5) is 10.1 Å². The number of benzene rings is 3. The van der Waals surface area contributed by atoms with Gasteiger partial charge in [-0.1, -0.05) is 29.3 Å². The lowest BCUT2D eigenvalue weighted by Crippen LogP contribution is -2.57. The minimum absolute atomic E-state index is 0.133. The molecule has 3 heterocycles. The molecule has 1 unspecified atom stereocenters. The molecule has 3 aromatic carbocycles. The molecule has 9 nitrogen and oxygen atoms in total. The first-order valence-corrected chi connectivity index (χ1v) is 16.3. The molecule has 0 saturated carbocycles. The third-order valence-electron chi connectivity index (χ3n) is 9.93. The van der Waals surface area contributed by atoms with Crippen LogP contribution in [0.3, 0.4) is 0 Å². The van der Waals surface area contributed by atoms with Crippen LogP contribution in [-0.4, -0.2) is 87.5 Å². The monoisotopic (exact) mass is 682 g/mol. The molecule has 2 amide bonds. The predicted octanol–water partition coefficient (Wildman–Crippen LogP) is 6.24. The van der Waals surface area contributed by atoms with Crippen LogP contribution < -0.4 is 19.1 Å². The average molecular weight is 684 g/mol. The summed E-state index contributed by atoms with van der Waals surface area (Å²) in [6.07, 6.45) is 4.26. The molecular formula is C35H37Cl2FN4O5. The van der Waals surface area contributed by atoms with E-state index in [0.29, 0.717) is 71.9 Å². The van der Waals surface area contributed by atoms with E-state index >= 15 is 0 Å². The number of anilines is 1. The topological polar surface area (TPSA) is 83.9 Å². The van der Waals surface area contributed by atoms with Crippen LogP contribution in [0.2, 0.25) is 10.0 Å². The number of halogens is 3. The van der Waals surface area contributed by atoms with Crippen molar-refractivity contribution < 1.29 is 28.2 Å². The number of nitrogens with zero attached hydrogens (tertiary/aromatic N) is 4. The van der Waals surface area contributed by atoms with Gasteiger partial charge >= 0.3 is 0 Å². The van der Waals surface area contributed by atoms with Crippen molar-refractivity contribution in [1.29, 1.82) is 0 Å². The Bertz CT molecular complexity index is 1670. The summed E-state index contributed by atoms with van der Waals surface area (Å²) in [6.45, 7) is 3.19. The molecule has 248 valence electrons. The molecule has 1 atom stereocenters. The van der Waals surface area contributed by atoms with Crippen LogP contribution in [0.15, 0.2) is 59.6 Å². The summed E-state index contributed by atoms with van der Waals surface area (Å²) in [6, 6.07) is 15.2. The highest BCUT2D eigenvalue weighted by Crippen LogP contribution is 2.43. The van der Waals surface area contributed by atoms with Gasteiger partial charge in [0.15, 0.2) is 11.5 Å². The first-order chi connectivity index (χ1) is 22.6. The number of carbonyl (C=O) groups excluding carboxylic acids is 2. The Balaban J connectivity index is 1.20. The van der Waals surface area contributed by atoms with Gasteiger partial charge in [0.05, 0.1) is 37.7 Å². The van der Waals surface area contributed by atoms with Crippen LogP contribution >= 0.6 is 23.2 Å². The van der Waals surface area contributed by atoms with E-state index in [2.05, 4.69) is 9.89 Å². The molecule has 0 aromatic heterocycles. The van der Waals surface area contributed by atoms with Gasteiger partial charge in [-0.2, -0.15) is 0 Å². The Kier molecular flexibility index (Phi) is 9.38. The van der Waals surface area contributed by atoms with Gasteiger partial charge in [-0.3, -0.25) is 9.59 Å². The molecular weight excluding hydrogens is 646 g/mol. The third-order valence-corrected chi connectivity index (χ3v) is 10.7. The van der Waals surface area contributed by atoms with Gasteiger partial charge in [-0.15, -0.1) is 0 Å². The smallest absolute Gasteiger partial charge is 0.273 e. The minimum Gasteiger partial charge on any atom is -0.493 e. The Hall–Kier alpha value is -3.86. The molecule has 0 radical (unpaired) electrons. The number of hydrogen-bond donors (Lipinski definition) is 0. The van der Waals surface area contributed by atoms with Crippen molar-refractivity contribution in [2.24, 2.45) is 4.99 Å². The maximum absolute atomic E-state index is 13.9. The van der Waals surface area contributed by atoms with E-state index in [4.69, 9.17) is 37.4 Å². The van der Waals surface area contributed by atoms with E-state index in [-0.39, 0.29) is 23.0 Å². The fraction of sp³-hybridized carbons (Fsp3) is 0.400. The lowest BCUT2D eigenvalue weighted by molar-refractivity contribution is -0.123. The first kappa shape index (κ1) is 33.1. The molecule has 0 bridgehead atoms. The van der Waals surface area contributed by atoms with Crippen molar-refractivity contribution in [1.82, 2.24) is 9.80 Å². The van der Waals surface area contributed by atoms with Crippen molar-refractivity contribution in [2.75, 3.05) is 59.0 Å². The summed E-state index contributed by atoms with van der Waals surface area (Å²) in [4.78, 5) is 37.3. The SMILES string of the molecule is COc1cc(C(=O)N2CCC(CCN3CCC4(CC3)C(=O)N=CN4c3ccc(F)cc3)(c3ccc(Cl)c(Cl)c3)C2)cc(OC)c1OC. The Morgan fingerprint density at radius 1 is 0.894 bits per heavy atom. The van der Waals surface area contributed by atoms with Crippen LogP contribution in [0.5, 0.6) is 17.2 Å². The molecule has 0 aliphatic carbocycles. The molecule has 3 aromatic rings. The van der Waals surface area contributed by atoms with Gasteiger partial charge in [0.1, 0.15) is 11.4 Å². The predicted molar refractivity (Wildman–Crippen MR) is 180 cm³/mol. The number of piperidine rings is 1. The van der Waals surface area contributed by atoms with Gasteiger partial charge in [-0.05, 0) is 86.3 Å². The van der Waals surface area contributed by atoms with E-state index in [1.165, 1.54) is 33.5 Å². The third kappa shape index (κ3) is 6.14. The normalized spacial score (nSPS) is 20.7. The van der Waals surface area contributed by atoms with Gasteiger partial charge in [0.25, 0.3) is 11.8 Å². The molecule has 3 aliphatic rings. The maximum Gasteiger partial charge on any atom is 0.273 e. The van der Waals surface area contributed by atoms with Crippen molar-refractivity contribution >= 4 is 47.0 Å². The number of amides is 2. The Labute approximate surface area is 283 Å². The number of ether oxygens (including phenoxy) is 3. The van der Waals surface area contributed by atoms with E-state index in [0.717, 1.165) is 30.6 Å². The number of likely N-dealkylation sites (tertiary alicyclic amines) is 2. The van der Waals surface area contributed by atoms with E-state index in [1.807, 2.05) is 28.0 Å². The van der Waals surface area contributed by atoms with E-state index in [1.54, 1.807) is 30.6 Å². The minimum atomic E-state index is -0.771. The quantitative estimate of drug-likeness (QED) is 0.264. The van der Waals surface area contributed by atoms with Crippen LogP contribution in [0.25, 0.3) is 0 Å². The van der Waals surface area contributed by atoms with Gasteiger partial charge in [-0.25, -0.2) is 9.38 Å². The van der Waals surface area contributed by atoms with Gasteiger partial charge in [0.2, 0.25) is 5.75 Å². The number of carbonyl (C=O) groups is 2. The molecule has 3 aliphatic heterocycles. The Morgan fingerprint density at radius 2 is 1.57 bits per heavy atom. The summed E-state index contributed by atoms with van der Waals surface area (Å²) in [5.41, 5.74) is 1.08. The zero-order chi connectivity index (χ0) is 33.3. The van der Waals surface area contributed by atoms with E-state index in [9.17, 15) is 14.0 Å². The van der Waals surface area contributed by atoms with Gasteiger partial charge < -0.3 is 28.9 Å². The zero-order valence-electron chi connectivity index (χ0n) is 26.6. The second-order valence-electron chi connectivity index (χ2n) is 12.3. The summed E-state index contributed by atoms with van der Waals surface area (Å²) in [7, 11) is 4.57. The molecule has 6 rings (SSSR count). The lowest BCUT2D eigenvalue weighted by Gasteiger charge is -2.43. The maximum atomic E-state index is 13.9. The summed E-state index contributed by atoms with van der Waals surface area (Å²) in [5, 5.41) is 0.947. The fourth-order valence-corrected chi connectivity index (χ4v) is 7.47. The largest absolute Gasteiger partial charge is 0.493 e. The average Bonchev–Trinajstić information content (AvgIpc) is 3.67. The summed E-state index contributed by atoms with van der Waals surface area (Å²) in [5.74, 6) is 0.631. The van der Waals surface area contributed by atoms with Gasteiger partial charge in [0, 0.05) is 42.8 Å². The second-order valence-corrected chi connectivity index (χ2v) is 13.1. The number of rotatable bonds is 9. The van der Waals surface area contributed by atoms with Crippen LogP contribution in [0, 0.1) is 5.82 Å². The molecule has 2 fully saturated rings. The molecule has 47 heavy (non-hydrogen) atoms. The summed E-state index contributed by atoms with van der Waals surface area (Å²) >= 11 is 12.8. The van der Waals surface area contributed by atoms with Crippen molar-refractivity contribution in [3.05, 3.63) is 81.6 Å². The van der Waals surface area contributed by atoms with Crippen molar-refractivity contribution in [2.45, 2.75) is 36.6 Å². The lowest BCUT2D eigenvalue weighted by atomic mass is 9.76. The number of hydrogen-bond acceptors (Lipinski definition) is 7. The van der Waals surface area contributed by atoms with Crippen LogP contribution in [-0.2, 0) is 10.2 Å². The highest BCUT2D eigenvalue weighted by atomic mass is 35.5. The zero-order valence-corrected chi connectivity index (χ0v) is 28.1. The van der Waals surface area contributed by atoms with Crippen LogP contribution in [0.1, 0.15) is 41.6 Å². The van der Waals surface area contributed by atoms with E-state index < -0.39 is 5.54 Å². The first-order valence-electron chi connectivity index (χ1n) is 15.5. The molecule has 0 N–H and O–H groups in total. The fourth-order valence-electron chi connectivity index (χ4n) is 7.18. The standard InChI is InChI=1S/C35H37Cl2FN4O5/c1-45-29-18-23(19-30(46-2)31(29)47-3)32(43)41-17-11-34(21-41,24-4-9-27(36)28(37)20-24)10-14-40-15-12-35(13-16-40)33(44)39-22-42(35)26-7-5-25(38)6-8-26/h4-9,18-20,22H,10-17,21H2,1-3H3. The van der Waals surface area contributed by atoms with Crippen molar-refractivity contribution in [3.63, 3.8) is 0 Å². The molecule has 1 spiro atoms. The number of methoxy groups -OCH3 is 3. The highest BCUT2D eigenvalue weighted by molar-refractivity contribution is 6.42.